The van der Waals surface area contributed by atoms with Crippen molar-refractivity contribution in [3.8, 4) is 5.75 Å². The third kappa shape index (κ3) is 4.42. The van der Waals surface area contributed by atoms with Crippen molar-refractivity contribution in [1.82, 2.24) is 5.43 Å². The first-order valence-electron chi connectivity index (χ1n) is 7.07. The highest BCUT2D eigenvalue weighted by atomic mass is 79.9. The SMILES string of the molecule is Cc1cccc(C)c1NC(=O)C(=O)N/N=C/c1cc(Br)ccc1O. The molecule has 2 aromatic carbocycles. The molecule has 0 aliphatic carbocycles. The molecule has 0 aliphatic heterocycles. The molecule has 2 amide bonds. The second-order valence-electron chi connectivity index (χ2n) is 5.12. The maximum absolute atomic E-state index is 11.9. The van der Waals surface area contributed by atoms with E-state index >= 15 is 0 Å². The van der Waals surface area contributed by atoms with Crippen LogP contribution in [0.5, 0.6) is 5.75 Å². The van der Waals surface area contributed by atoms with Crippen molar-refractivity contribution in [1.29, 1.82) is 0 Å². The molecule has 2 aromatic rings. The van der Waals surface area contributed by atoms with Gasteiger partial charge in [0.2, 0.25) is 0 Å². The minimum absolute atomic E-state index is 0.0104. The zero-order chi connectivity index (χ0) is 17.7. The average Bonchev–Trinajstić information content (AvgIpc) is 2.54. The number of phenols is 1. The number of hydrogen-bond acceptors (Lipinski definition) is 4. The second-order valence-corrected chi connectivity index (χ2v) is 6.04. The lowest BCUT2D eigenvalue weighted by Crippen LogP contribution is -2.32. The van der Waals surface area contributed by atoms with Crippen LogP contribution in [0.1, 0.15) is 16.7 Å². The predicted molar refractivity (Wildman–Crippen MR) is 96.1 cm³/mol. The van der Waals surface area contributed by atoms with Crippen LogP contribution in [0.3, 0.4) is 0 Å². The molecule has 0 aliphatic rings. The molecule has 24 heavy (non-hydrogen) atoms. The van der Waals surface area contributed by atoms with Gasteiger partial charge in [-0.25, -0.2) is 5.43 Å². The number of aryl methyl sites for hydroxylation is 2. The summed E-state index contributed by atoms with van der Waals surface area (Å²) in [4.78, 5) is 23.7. The van der Waals surface area contributed by atoms with Crippen molar-refractivity contribution in [2.75, 3.05) is 5.32 Å². The van der Waals surface area contributed by atoms with E-state index in [2.05, 4.69) is 31.8 Å². The first-order valence-corrected chi connectivity index (χ1v) is 7.87. The number of phenolic OH excluding ortho intramolecular Hbond substituents is 1. The van der Waals surface area contributed by atoms with Gasteiger partial charge in [-0.2, -0.15) is 5.10 Å². The first kappa shape index (κ1) is 17.7. The van der Waals surface area contributed by atoms with Gasteiger partial charge in [0.15, 0.2) is 0 Å². The van der Waals surface area contributed by atoms with Crippen LogP contribution in [0.2, 0.25) is 0 Å². The van der Waals surface area contributed by atoms with E-state index in [0.29, 0.717) is 11.3 Å². The number of para-hydroxylation sites is 1. The Morgan fingerprint density at radius 2 is 1.79 bits per heavy atom. The van der Waals surface area contributed by atoms with Crippen molar-refractivity contribution < 1.29 is 14.7 Å². The van der Waals surface area contributed by atoms with Gasteiger partial charge >= 0.3 is 11.8 Å². The molecule has 0 bridgehead atoms. The van der Waals surface area contributed by atoms with Gasteiger partial charge in [-0.05, 0) is 43.2 Å². The average molecular weight is 390 g/mol. The summed E-state index contributed by atoms with van der Waals surface area (Å²) in [5.74, 6) is -1.71. The zero-order valence-corrected chi connectivity index (χ0v) is 14.7. The number of carbonyl (C=O) groups is 2. The van der Waals surface area contributed by atoms with Crippen LogP contribution in [0, 0.1) is 13.8 Å². The molecule has 0 fully saturated rings. The van der Waals surface area contributed by atoms with Gasteiger partial charge in [0.25, 0.3) is 0 Å². The number of hydrogen-bond donors (Lipinski definition) is 3. The van der Waals surface area contributed by atoms with Crippen molar-refractivity contribution in [2.24, 2.45) is 5.10 Å². The van der Waals surface area contributed by atoms with E-state index in [0.717, 1.165) is 15.6 Å². The van der Waals surface area contributed by atoms with Crippen molar-refractivity contribution >= 4 is 39.6 Å². The first-order chi connectivity index (χ1) is 11.4. The Bertz CT molecular complexity index is 798. The third-order valence-corrected chi connectivity index (χ3v) is 3.78. The Balaban J connectivity index is 2.01. The maximum atomic E-state index is 11.9. The topological polar surface area (TPSA) is 90.8 Å². The normalized spacial score (nSPS) is 10.6. The van der Waals surface area contributed by atoms with E-state index in [1.165, 1.54) is 12.3 Å². The van der Waals surface area contributed by atoms with Gasteiger partial charge in [-0.15, -0.1) is 0 Å². The highest BCUT2D eigenvalue weighted by molar-refractivity contribution is 9.10. The number of halogens is 1. The molecule has 0 atom stereocenters. The molecule has 0 aromatic heterocycles. The Hall–Kier alpha value is -2.67. The summed E-state index contributed by atoms with van der Waals surface area (Å²) in [6, 6.07) is 10.3. The fourth-order valence-electron chi connectivity index (χ4n) is 2.02. The number of carbonyl (C=O) groups excluding carboxylic acids is 2. The molecule has 2 rings (SSSR count). The number of nitrogens with one attached hydrogen (secondary N) is 2. The fourth-order valence-corrected chi connectivity index (χ4v) is 2.40. The van der Waals surface area contributed by atoms with Crippen molar-refractivity contribution in [2.45, 2.75) is 13.8 Å². The largest absolute Gasteiger partial charge is 0.507 e. The smallest absolute Gasteiger partial charge is 0.329 e. The highest BCUT2D eigenvalue weighted by Crippen LogP contribution is 2.20. The van der Waals surface area contributed by atoms with Crippen LogP contribution in [0.15, 0.2) is 46.0 Å². The van der Waals surface area contributed by atoms with Crippen LogP contribution in [0.4, 0.5) is 5.69 Å². The van der Waals surface area contributed by atoms with Gasteiger partial charge in [-0.1, -0.05) is 34.1 Å². The Kier molecular flexibility index (Phi) is 5.70. The summed E-state index contributed by atoms with van der Waals surface area (Å²) in [5, 5.41) is 15.9. The summed E-state index contributed by atoms with van der Waals surface area (Å²) < 4.78 is 0.751. The summed E-state index contributed by atoms with van der Waals surface area (Å²) in [6.45, 7) is 3.68. The third-order valence-electron chi connectivity index (χ3n) is 3.29. The number of anilines is 1. The number of nitrogens with zero attached hydrogens (tertiary/aromatic N) is 1. The lowest BCUT2D eigenvalue weighted by Gasteiger charge is -2.10. The lowest BCUT2D eigenvalue weighted by atomic mass is 10.1. The quantitative estimate of drug-likeness (QED) is 0.428. The van der Waals surface area contributed by atoms with E-state index in [1.54, 1.807) is 12.1 Å². The summed E-state index contributed by atoms with van der Waals surface area (Å²) >= 11 is 3.27. The van der Waals surface area contributed by atoms with Crippen LogP contribution >= 0.6 is 15.9 Å². The number of benzene rings is 2. The second kappa shape index (κ2) is 7.74. The molecule has 0 unspecified atom stereocenters. The van der Waals surface area contributed by atoms with Gasteiger partial charge in [0, 0.05) is 15.7 Å². The number of hydrazone groups is 1. The van der Waals surface area contributed by atoms with Gasteiger partial charge in [-0.3, -0.25) is 9.59 Å². The summed E-state index contributed by atoms with van der Waals surface area (Å²) in [7, 11) is 0. The highest BCUT2D eigenvalue weighted by Gasteiger charge is 2.15. The van der Waals surface area contributed by atoms with Gasteiger partial charge in [0.1, 0.15) is 5.75 Å². The van der Waals surface area contributed by atoms with Crippen molar-refractivity contribution in [3.63, 3.8) is 0 Å². The minimum atomic E-state index is -0.900. The van der Waals surface area contributed by atoms with Gasteiger partial charge < -0.3 is 10.4 Å². The zero-order valence-electron chi connectivity index (χ0n) is 13.1. The minimum Gasteiger partial charge on any atom is -0.507 e. The van der Waals surface area contributed by atoms with E-state index < -0.39 is 11.8 Å². The molecule has 0 spiro atoms. The summed E-state index contributed by atoms with van der Waals surface area (Å²) in [6.07, 6.45) is 1.25. The summed E-state index contributed by atoms with van der Waals surface area (Å²) in [5.41, 5.74) is 4.85. The Morgan fingerprint density at radius 1 is 1.12 bits per heavy atom. The molecule has 6 nitrogen and oxygen atoms in total. The van der Waals surface area contributed by atoms with E-state index in [4.69, 9.17) is 0 Å². The molecule has 0 radical (unpaired) electrons. The maximum Gasteiger partial charge on any atom is 0.329 e. The molecular formula is C17H16BrN3O3. The molecule has 3 N–H and O–H groups in total. The van der Waals surface area contributed by atoms with E-state index in [-0.39, 0.29) is 5.75 Å². The van der Waals surface area contributed by atoms with Crippen LogP contribution in [-0.2, 0) is 9.59 Å². The molecular weight excluding hydrogens is 374 g/mol. The van der Waals surface area contributed by atoms with Crippen LogP contribution < -0.4 is 10.7 Å². The van der Waals surface area contributed by atoms with Crippen molar-refractivity contribution in [3.05, 3.63) is 57.6 Å². The molecule has 0 heterocycles. The fraction of sp³-hybridized carbons (Fsp3) is 0.118. The van der Waals surface area contributed by atoms with Gasteiger partial charge in [0.05, 0.1) is 6.21 Å². The molecule has 0 saturated carbocycles. The van der Waals surface area contributed by atoms with E-state index in [9.17, 15) is 14.7 Å². The van der Waals surface area contributed by atoms with Crippen LogP contribution in [0.25, 0.3) is 0 Å². The Labute approximate surface area is 147 Å². The monoisotopic (exact) mass is 389 g/mol. The van der Waals surface area contributed by atoms with E-state index in [1.807, 2.05) is 32.0 Å². The van der Waals surface area contributed by atoms with Crippen LogP contribution in [-0.4, -0.2) is 23.1 Å². The molecule has 7 heteroatoms. The molecule has 124 valence electrons. The number of rotatable bonds is 3. The number of aromatic hydroxyl groups is 1. The molecule has 0 saturated heterocycles. The number of amides is 2. The predicted octanol–water partition coefficient (Wildman–Crippen LogP) is 2.86. The standard InChI is InChI=1S/C17H16BrN3O3/c1-10-4-3-5-11(2)15(10)20-16(23)17(24)21-19-9-12-8-13(18)6-7-14(12)22/h3-9,22H,1-2H3,(H,20,23)(H,21,24)/b19-9+. The lowest BCUT2D eigenvalue weighted by molar-refractivity contribution is -0.136. The Morgan fingerprint density at radius 3 is 2.46 bits per heavy atom.